The first-order valence-corrected chi connectivity index (χ1v) is 13.5. The maximum absolute atomic E-state index is 13.4. The Balaban J connectivity index is 1.60. The molecule has 3 aromatic rings. The third kappa shape index (κ3) is 5.97. The van der Waals surface area contributed by atoms with Gasteiger partial charge in [0.2, 0.25) is 15.9 Å². The van der Waals surface area contributed by atoms with Crippen molar-refractivity contribution in [2.45, 2.75) is 48.8 Å². The van der Waals surface area contributed by atoms with Gasteiger partial charge in [-0.25, -0.2) is 8.42 Å². The number of benzene rings is 3. The summed E-state index contributed by atoms with van der Waals surface area (Å²) in [6.07, 6.45) is -1.89. The molecule has 2 atom stereocenters. The molecule has 4 rings (SSSR count). The second kappa shape index (κ2) is 11.1. The van der Waals surface area contributed by atoms with E-state index < -0.39 is 38.6 Å². The van der Waals surface area contributed by atoms with E-state index in [9.17, 15) is 31.2 Å². The highest BCUT2D eigenvalue weighted by Crippen LogP contribution is 2.34. The van der Waals surface area contributed by atoms with Crippen LogP contribution in [0.25, 0.3) is 0 Å². The number of fused-ring (bicyclic) bond motifs is 1. The van der Waals surface area contributed by atoms with Crippen molar-refractivity contribution < 1.29 is 31.2 Å². The molecule has 10 heteroatoms. The smallest absolute Gasteiger partial charge is 0.349 e. The number of hydrogen-bond acceptors (Lipinski definition) is 4. The van der Waals surface area contributed by atoms with E-state index in [1.807, 2.05) is 12.1 Å². The molecule has 6 nitrogen and oxygen atoms in total. The topological polar surface area (TPSA) is 83.6 Å². The molecular formula is C28H27F3N2O4S. The minimum Gasteiger partial charge on any atom is -0.349 e. The molecule has 0 saturated heterocycles. The van der Waals surface area contributed by atoms with Gasteiger partial charge in [-0.15, -0.1) is 0 Å². The van der Waals surface area contributed by atoms with Gasteiger partial charge < -0.3 is 5.32 Å². The van der Waals surface area contributed by atoms with E-state index in [4.69, 9.17) is 0 Å². The minimum atomic E-state index is -4.70. The lowest BCUT2D eigenvalue weighted by Crippen LogP contribution is -2.37. The second-order valence-corrected chi connectivity index (χ2v) is 11.3. The summed E-state index contributed by atoms with van der Waals surface area (Å²) in [4.78, 5) is 23.9. The summed E-state index contributed by atoms with van der Waals surface area (Å²) in [6, 6.07) is 16.1. The van der Waals surface area contributed by atoms with Gasteiger partial charge in [0.25, 0.3) is 0 Å². The Labute approximate surface area is 219 Å². The van der Waals surface area contributed by atoms with Gasteiger partial charge in [-0.05, 0) is 60.2 Å². The quantitative estimate of drug-likeness (QED) is 0.382. The molecule has 0 saturated carbocycles. The average Bonchev–Trinajstić information content (AvgIpc) is 2.91. The first-order valence-electron chi connectivity index (χ1n) is 12.1. The summed E-state index contributed by atoms with van der Waals surface area (Å²) in [5, 5.41) is 2.99. The number of alkyl halides is 3. The molecule has 0 radical (unpaired) electrons. The molecule has 3 aromatic carbocycles. The third-order valence-electron chi connectivity index (χ3n) is 6.79. The van der Waals surface area contributed by atoms with Crippen LogP contribution >= 0.6 is 0 Å². The summed E-state index contributed by atoms with van der Waals surface area (Å²) in [5.41, 5.74) is 1.91. The summed E-state index contributed by atoms with van der Waals surface area (Å²) >= 11 is 0. The zero-order valence-corrected chi connectivity index (χ0v) is 21.4. The maximum Gasteiger partial charge on any atom is 0.416 e. The van der Waals surface area contributed by atoms with Crippen LogP contribution in [0.3, 0.4) is 0 Å². The number of aryl methyl sites for hydroxylation is 1. The van der Waals surface area contributed by atoms with Crippen LogP contribution in [0.15, 0.2) is 77.7 Å². The van der Waals surface area contributed by atoms with Crippen LogP contribution in [0.1, 0.15) is 64.0 Å². The lowest BCUT2D eigenvalue weighted by atomic mass is 9.86. The number of carbonyl (C=O) groups is 2. The van der Waals surface area contributed by atoms with E-state index in [0.717, 1.165) is 52.8 Å². The standard InChI is InChI=1S/C28H27F3N2O4S/c1-33(38(36,37)23-11-6-10-22(16-23)28(29,30)31)26(20-7-3-2-4-8-20)17-27(35)32-25-12-5-9-21-15-19(18-34)13-14-24(21)25/h2-4,6-8,10-11,13-16,18,25-26H,5,9,12,17H2,1H3,(H,32,35). The van der Waals surface area contributed by atoms with Crippen molar-refractivity contribution in [1.82, 2.24) is 9.62 Å². The lowest BCUT2D eigenvalue weighted by Gasteiger charge is -2.30. The minimum absolute atomic E-state index is 0.239. The number of nitrogens with zero attached hydrogens (tertiary/aromatic N) is 1. The zero-order valence-electron chi connectivity index (χ0n) is 20.6. The summed E-state index contributed by atoms with van der Waals surface area (Å²) < 4.78 is 67.5. The van der Waals surface area contributed by atoms with Gasteiger partial charge in [-0.2, -0.15) is 17.5 Å². The van der Waals surface area contributed by atoms with Crippen molar-refractivity contribution in [3.63, 3.8) is 0 Å². The molecule has 1 aliphatic carbocycles. The number of carbonyl (C=O) groups excluding carboxylic acids is 2. The molecule has 1 amide bonds. The highest BCUT2D eigenvalue weighted by atomic mass is 32.2. The number of sulfonamides is 1. The van der Waals surface area contributed by atoms with Crippen LogP contribution in [-0.2, 0) is 27.4 Å². The zero-order chi connectivity index (χ0) is 27.5. The van der Waals surface area contributed by atoms with Gasteiger partial charge in [0, 0.05) is 19.0 Å². The van der Waals surface area contributed by atoms with Gasteiger partial charge in [-0.3, -0.25) is 9.59 Å². The molecule has 0 aliphatic heterocycles. The molecule has 200 valence electrons. The highest BCUT2D eigenvalue weighted by molar-refractivity contribution is 7.89. The molecule has 0 bridgehead atoms. The predicted octanol–water partition coefficient (Wildman–Crippen LogP) is 5.46. The second-order valence-electron chi connectivity index (χ2n) is 9.27. The molecule has 0 aromatic heterocycles. The van der Waals surface area contributed by atoms with E-state index in [1.165, 1.54) is 7.05 Å². The molecular weight excluding hydrogens is 517 g/mol. The fourth-order valence-electron chi connectivity index (χ4n) is 4.78. The van der Waals surface area contributed by atoms with Gasteiger partial charge in [0.05, 0.1) is 22.5 Å². The Bertz CT molecular complexity index is 1430. The molecule has 2 unspecified atom stereocenters. The first-order chi connectivity index (χ1) is 18.0. The van der Waals surface area contributed by atoms with E-state index in [1.54, 1.807) is 36.4 Å². The van der Waals surface area contributed by atoms with Crippen molar-refractivity contribution >= 4 is 22.2 Å². The van der Waals surface area contributed by atoms with E-state index in [-0.39, 0.29) is 12.5 Å². The molecule has 38 heavy (non-hydrogen) atoms. The van der Waals surface area contributed by atoms with Crippen LogP contribution in [0.4, 0.5) is 13.2 Å². The molecule has 1 aliphatic rings. The number of nitrogens with one attached hydrogen (secondary N) is 1. The first kappa shape index (κ1) is 27.5. The number of aldehydes is 1. The Morgan fingerprint density at radius 1 is 1.08 bits per heavy atom. The van der Waals surface area contributed by atoms with Gasteiger partial charge in [-0.1, -0.05) is 48.5 Å². The Hall–Kier alpha value is -3.50. The van der Waals surface area contributed by atoms with E-state index >= 15 is 0 Å². The average molecular weight is 545 g/mol. The SMILES string of the molecule is CN(C(CC(=O)NC1CCCc2cc(C=O)ccc21)c1ccccc1)S(=O)(=O)c1cccc(C(F)(F)F)c1. The molecule has 0 spiro atoms. The summed E-state index contributed by atoms with van der Waals surface area (Å²) in [5.74, 6) is -0.401. The summed E-state index contributed by atoms with van der Waals surface area (Å²) in [6.45, 7) is 0. The van der Waals surface area contributed by atoms with Gasteiger partial charge >= 0.3 is 6.18 Å². The van der Waals surface area contributed by atoms with Crippen molar-refractivity contribution in [3.05, 3.63) is 101 Å². The number of halogens is 3. The van der Waals surface area contributed by atoms with Crippen LogP contribution < -0.4 is 5.32 Å². The predicted molar refractivity (Wildman–Crippen MR) is 136 cm³/mol. The Morgan fingerprint density at radius 2 is 1.82 bits per heavy atom. The van der Waals surface area contributed by atoms with Crippen molar-refractivity contribution in [3.8, 4) is 0 Å². The Kier molecular flexibility index (Phi) is 8.03. The maximum atomic E-state index is 13.4. The van der Waals surface area contributed by atoms with Gasteiger partial charge in [0.1, 0.15) is 6.29 Å². The molecule has 0 heterocycles. The Morgan fingerprint density at radius 3 is 2.50 bits per heavy atom. The molecule has 0 fully saturated rings. The third-order valence-corrected chi connectivity index (χ3v) is 8.66. The van der Waals surface area contributed by atoms with Crippen molar-refractivity contribution in [1.29, 1.82) is 0 Å². The van der Waals surface area contributed by atoms with Gasteiger partial charge in [0.15, 0.2) is 0 Å². The van der Waals surface area contributed by atoms with Crippen molar-refractivity contribution in [2.75, 3.05) is 7.05 Å². The lowest BCUT2D eigenvalue weighted by molar-refractivity contribution is -0.137. The fourth-order valence-corrected chi connectivity index (χ4v) is 6.17. The monoisotopic (exact) mass is 544 g/mol. The van der Waals surface area contributed by atoms with Crippen LogP contribution in [0.2, 0.25) is 0 Å². The number of rotatable bonds is 8. The van der Waals surface area contributed by atoms with Crippen molar-refractivity contribution in [2.24, 2.45) is 0 Å². The van der Waals surface area contributed by atoms with Crippen LogP contribution in [0, 0.1) is 0 Å². The number of amides is 1. The fraction of sp³-hybridized carbons (Fsp3) is 0.286. The van der Waals surface area contributed by atoms with Crippen LogP contribution in [0.5, 0.6) is 0 Å². The largest absolute Gasteiger partial charge is 0.416 e. The van der Waals surface area contributed by atoms with Crippen LogP contribution in [-0.4, -0.2) is 32.0 Å². The summed E-state index contributed by atoms with van der Waals surface area (Å²) in [7, 11) is -3.12. The highest BCUT2D eigenvalue weighted by Gasteiger charge is 2.35. The number of hydrogen-bond donors (Lipinski definition) is 1. The normalized spacial score (nSPS) is 16.5. The van der Waals surface area contributed by atoms with E-state index in [2.05, 4.69) is 5.32 Å². The van der Waals surface area contributed by atoms with E-state index in [0.29, 0.717) is 23.6 Å². The molecule has 1 N–H and O–H groups in total.